The Labute approximate surface area is 157 Å². The quantitative estimate of drug-likeness (QED) is 0.247. The van der Waals surface area contributed by atoms with Crippen molar-refractivity contribution in [3.05, 3.63) is 0 Å². The monoisotopic (exact) mass is 438 g/mol. The van der Waals surface area contributed by atoms with Crippen LogP contribution in [0.4, 0.5) is 4.79 Å². The van der Waals surface area contributed by atoms with Gasteiger partial charge in [0.2, 0.25) is 0 Å². The van der Waals surface area contributed by atoms with Crippen molar-refractivity contribution in [2.75, 3.05) is 20.1 Å². The lowest BCUT2D eigenvalue weighted by Crippen LogP contribution is -2.49. The van der Waals surface area contributed by atoms with Gasteiger partial charge in [0.25, 0.3) is 0 Å². The predicted octanol–water partition coefficient (Wildman–Crippen LogP) is 2.49. The molecule has 0 rings (SSSR count). The van der Waals surface area contributed by atoms with E-state index in [1.165, 1.54) is 0 Å². The number of aliphatic imine (C=N–C) groups is 1. The van der Waals surface area contributed by atoms with E-state index in [1.54, 1.807) is 7.05 Å². The van der Waals surface area contributed by atoms with Gasteiger partial charge in [-0.1, -0.05) is 25.7 Å². The molecule has 0 aliphatic heterocycles. The molecule has 0 spiro atoms. The fourth-order valence-corrected chi connectivity index (χ4v) is 1.72. The minimum Gasteiger partial charge on any atom is -0.444 e. The van der Waals surface area contributed by atoms with E-state index < -0.39 is 11.7 Å². The highest BCUT2D eigenvalue weighted by molar-refractivity contribution is 14.0. The SMILES string of the molecule is C#CCNC(=NC)NC(CCCC)CNC(=O)OC(C)(C)C.I. The Hall–Kier alpha value is -1.17. The van der Waals surface area contributed by atoms with Gasteiger partial charge >= 0.3 is 6.09 Å². The topological polar surface area (TPSA) is 74.8 Å². The van der Waals surface area contributed by atoms with Crippen molar-refractivity contribution in [2.45, 2.75) is 58.6 Å². The molecule has 1 amide bonds. The van der Waals surface area contributed by atoms with Crippen molar-refractivity contribution in [3.63, 3.8) is 0 Å². The molecule has 0 aromatic carbocycles. The summed E-state index contributed by atoms with van der Waals surface area (Å²) in [5, 5.41) is 9.06. The fraction of sp³-hybridized carbons (Fsp3) is 0.750. The summed E-state index contributed by atoms with van der Waals surface area (Å²) in [4.78, 5) is 15.8. The molecule has 134 valence electrons. The van der Waals surface area contributed by atoms with Gasteiger partial charge in [0.15, 0.2) is 5.96 Å². The maximum Gasteiger partial charge on any atom is 0.407 e. The highest BCUT2D eigenvalue weighted by atomic mass is 127. The van der Waals surface area contributed by atoms with Crippen LogP contribution in [0.3, 0.4) is 0 Å². The second-order valence-electron chi connectivity index (χ2n) is 6.00. The number of carbonyl (C=O) groups is 1. The molecule has 6 nitrogen and oxygen atoms in total. The number of rotatable bonds is 7. The zero-order chi connectivity index (χ0) is 17.0. The van der Waals surface area contributed by atoms with Gasteiger partial charge in [-0.25, -0.2) is 4.79 Å². The van der Waals surface area contributed by atoms with Gasteiger partial charge in [0.1, 0.15) is 5.60 Å². The van der Waals surface area contributed by atoms with Crippen molar-refractivity contribution >= 4 is 36.0 Å². The van der Waals surface area contributed by atoms with Crippen LogP contribution in [0, 0.1) is 12.3 Å². The van der Waals surface area contributed by atoms with Gasteiger partial charge in [-0.15, -0.1) is 30.4 Å². The first-order valence-corrected chi connectivity index (χ1v) is 7.69. The first kappa shape index (κ1) is 24.1. The summed E-state index contributed by atoms with van der Waals surface area (Å²) in [6, 6.07) is 0.0662. The Morgan fingerprint density at radius 2 is 2.00 bits per heavy atom. The standard InChI is InChI=1S/C16H30N4O2.HI/c1-7-9-10-13(20-14(17-6)18-11-8-2)12-19-15(21)22-16(3,4)5;/h2,13H,7,9-12H2,1,3-6H3,(H,19,21)(H2,17,18,20);1H. The number of amides is 1. The molecule has 0 saturated heterocycles. The highest BCUT2D eigenvalue weighted by Gasteiger charge is 2.17. The largest absolute Gasteiger partial charge is 0.444 e. The predicted molar refractivity (Wildman–Crippen MR) is 106 cm³/mol. The number of carbonyl (C=O) groups excluding carboxylic acids is 1. The smallest absolute Gasteiger partial charge is 0.407 e. The van der Waals surface area contributed by atoms with Crippen molar-refractivity contribution in [1.82, 2.24) is 16.0 Å². The number of hydrogen-bond acceptors (Lipinski definition) is 3. The third-order valence-corrected chi connectivity index (χ3v) is 2.72. The van der Waals surface area contributed by atoms with E-state index in [0.29, 0.717) is 19.0 Å². The summed E-state index contributed by atoms with van der Waals surface area (Å²) < 4.78 is 5.24. The average molecular weight is 438 g/mol. The summed E-state index contributed by atoms with van der Waals surface area (Å²) in [5.41, 5.74) is -0.499. The van der Waals surface area contributed by atoms with Crippen molar-refractivity contribution in [3.8, 4) is 12.3 Å². The molecule has 0 saturated carbocycles. The molecule has 0 heterocycles. The minimum atomic E-state index is -0.499. The third kappa shape index (κ3) is 14.2. The third-order valence-electron chi connectivity index (χ3n) is 2.72. The Balaban J connectivity index is 0. The first-order chi connectivity index (χ1) is 10.3. The van der Waals surface area contributed by atoms with Crippen molar-refractivity contribution in [2.24, 2.45) is 4.99 Å². The number of guanidine groups is 1. The van der Waals surface area contributed by atoms with Crippen LogP contribution in [0.25, 0.3) is 0 Å². The van der Waals surface area contributed by atoms with Crippen molar-refractivity contribution < 1.29 is 9.53 Å². The maximum absolute atomic E-state index is 11.7. The summed E-state index contributed by atoms with van der Waals surface area (Å²) in [7, 11) is 1.68. The number of alkyl carbamates (subject to hydrolysis) is 1. The molecule has 0 aromatic rings. The van der Waals surface area contributed by atoms with Gasteiger partial charge in [-0.3, -0.25) is 4.99 Å². The molecule has 0 aromatic heterocycles. The zero-order valence-electron chi connectivity index (χ0n) is 14.9. The number of halogens is 1. The summed E-state index contributed by atoms with van der Waals surface area (Å²) in [6.45, 7) is 8.51. The second-order valence-corrected chi connectivity index (χ2v) is 6.00. The molecular formula is C16H31IN4O2. The number of unbranched alkanes of at least 4 members (excludes halogenated alkanes) is 1. The average Bonchev–Trinajstić information content (AvgIpc) is 2.43. The van der Waals surface area contributed by atoms with Gasteiger partial charge in [0, 0.05) is 19.6 Å². The second kappa shape index (κ2) is 13.3. The van der Waals surface area contributed by atoms with Crippen LogP contribution in [0.2, 0.25) is 0 Å². The molecule has 23 heavy (non-hydrogen) atoms. The maximum atomic E-state index is 11.7. The Bertz CT molecular complexity index is 400. The summed E-state index contributed by atoms with van der Waals surface area (Å²) in [5.74, 6) is 3.13. The molecule has 0 radical (unpaired) electrons. The van der Waals surface area contributed by atoms with E-state index in [0.717, 1.165) is 19.3 Å². The van der Waals surface area contributed by atoms with Gasteiger partial charge in [-0.2, -0.15) is 0 Å². The van der Waals surface area contributed by atoms with Crippen LogP contribution < -0.4 is 16.0 Å². The normalized spacial score (nSPS) is 12.4. The molecule has 3 N–H and O–H groups in total. The molecular weight excluding hydrogens is 407 g/mol. The number of terminal acetylenes is 1. The van der Waals surface area contributed by atoms with E-state index in [1.807, 2.05) is 20.8 Å². The van der Waals surface area contributed by atoms with Gasteiger partial charge < -0.3 is 20.7 Å². The molecule has 0 aliphatic carbocycles. The van der Waals surface area contributed by atoms with E-state index in [9.17, 15) is 4.79 Å². The van der Waals surface area contributed by atoms with Crippen LogP contribution >= 0.6 is 24.0 Å². The Kier molecular flexibility index (Phi) is 13.9. The van der Waals surface area contributed by atoms with Crippen LogP contribution in [-0.4, -0.2) is 43.8 Å². The lowest BCUT2D eigenvalue weighted by Gasteiger charge is -2.23. The highest BCUT2D eigenvalue weighted by Crippen LogP contribution is 2.06. The van der Waals surface area contributed by atoms with Crippen LogP contribution in [-0.2, 0) is 4.74 Å². The Morgan fingerprint density at radius 3 is 2.48 bits per heavy atom. The number of hydrogen-bond donors (Lipinski definition) is 3. The van der Waals surface area contributed by atoms with Crippen LogP contribution in [0.15, 0.2) is 4.99 Å². The van der Waals surface area contributed by atoms with E-state index >= 15 is 0 Å². The fourth-order valence-electron chi connectivity index (χ4n) is 1.72. The Morgan fingerprint density at radius 1 is 1.35 bits per heavy atom. The lowest BCUT2D eigenvalue weighted by atomic mass is 10.1. The van der Waals surface area contributed by atoms with Crippen LogP contribution in [0.5, 0.6) is 0 Å². The molecule has 7 heteroatoms. The minimum absolute atomic E-state index is 0. The van der Waals surface area contributed by atoms with E-state index in [2.05, 4.69) is 33.8 Å². The van der Waals surface area contributed by atoms with E-state index in [4.69, 9.17) is 11.2 Å². The van der Waals surface area contributed by atoms with Crippen molar-refractivity contribution in [1.29, 1.82) is 0 Å². The number of nitrogens with zero attached hydrogens (tertiary/aromatic N) is 1. The molecule has 0 bridgehead atoms. The molecule has 1 unspecified atom stereocenters. The lowest BCUT2D eigenvalue weighted by molar-refractivity contribution is 0.0523. The van der Waals surface area contributed by atoms with Gasteiger partial charge in [-0.05, 0) is 27.2 Å². The number of ether oxygens (including phenoxy) is 1. The zero-order valence-corrected chi connectivity index (χ0v) is 17.2. The molecule has 0 fully saturated rings. The summed E-state index contributed by atoms with van der Waals surface area (Å²) in [6.07, 6.45) is 7.88. The molecule has 0 aliphatic rings. The summed E-state index contributed by atoms with van der Waals surface area (Å²) >= 11 is 0. The number of nitrogens with one attached hydrogen (secondary N) is 3. The molecule has 1 atom stereocenters. The van der Waals surface area contributed by atoms with Gasteiger partial charge in [0.05, 0.1) is 6.54 Å². The van der Waals surface area contributed by atoms with E-state index in [-0.39, 0.29) is 30.0 Å². The first-order valence-electron chi connectivity index (χ1n) is 7.69. The van der Waals surface area contributed by atoms with Crippen LogP contribution in [0.1, 0.15) is 47.0 Å².